The van der Waals surface area contributed by atoms with Crippen molar-refractivity contribution in [2.45, 2.75) is 12.1 Å². The van der Waals surface area contributed by atoms with Crippen LogP contribution in [0.2, 0.25) is 10.0 Å². The molecule has 2 atom stereocenters. The van der Waals surface area contributed by atoms with Gasteiger partial charge < -0.3 is 19.4 Å². The van der Waals surface area contributed by atoms with E-state index in [2.05, 4.69) is 10.3 Å². The lowest BCUT2D eigenvalue weighted by Crippen LogP contribution is -2.29. The van der Waals surface area contributed by atoms with Crippen molar-refractivity contribution >= 4 is 46.2 Å². The molecule has 3 heterocycles. The largest absolute Gasteiger partial charge is 0.497 e. The zero-order valence-corrected chi connectivity index (χ0v) is 19.9. The lowest BCUT2D eigenvalue weighted by Gasteiger charge is -2.26. The van der Waals surface area contributed by atoms with Crippen molar-refractivity contribution in [3.05, 3.63) is 100 Å². The second kappa shape index (κ2) is 9.06. The summed E-state index contributed by atoms with van der Waals surface area (Å²) < 4.78 is 11.7. The average Bonchev–Trinajstić information content (AvgIpc) is 3.46. The molecule has 1 fully saturated rings. The predicted molar refractivity (Wildman–Crippen MR) is 135 cm³/mol. The zero-order chi connectivity index (χ0) is 22.9. The van der Waals surface area contributed by atoms with Crippen LogP contribution < -0.4 is 15.0 Å². The van der Waals surface area contributed by atoms with Crippen LogP contribution in [0.3, 0.4) is 0 Å². The second-order valence-corrected chi connectivity index (χ2v) is 8.73. The fourth-order valence-electron chi connectivity index (χ4n) is 3.98. The molecule has 166 valence electrons. The van der Waals surface area contributed by atoms with Gasteiger partial charge >= 0.3 is 0 Å². The molecule has 0 amide bonds. The number of furan rings is 1. The molecule has 0 radical (unpaired) electrons. The van der Waals surface area contributed by atoms with E-state index in [1.54, 1.807) is 25.4 Å². The van der Waals surface area contributed by atoms with Gasteiger partial charge in [0.25, 0.3) is 0 Å². The van der Waals surface area contributed by atoms with Gasteiger partial charge in [-0.05, 0) is 78.9 Å². The van der Waals surface area contributed by atoms with E-state index in [4.69, 9.17) is 44.6 Å². The van der Waals surface area contributed by atoms with Crippen molar-refractivity contribution in [3.8, 4) is 17.1 Å². The van der Waals surface area contributed by atoms with Gasteiger partial charge in [-0.25, -0.2) is 0 Å². The Morgan fingerprint density at radius 3 is 2.52 bits per heavy atom. The molecule has 2 aromatic carbocycles. The maximum atomic E-state index is 6.35. The number of anilines is 1. The first kappa shape index (κ1) is 21.8. The fraction of sp³-hybridized carbons (Fsp3) is 0.120. The Kier molecular flexibility index (Phi) is 5.98. The van der Waals surface area contributed by atoms with Crippen LogP contribution in [0.4, 0.5) is 5.69 Å². The van der Waals surface area contributed by atoms with Crippen LogP contribution in [0.5, 0.6) is 5.75 Å². The van der Waals surface area contributed by atoms with Gasteiger partial charge in [0.2, 0.25) is 0 Å². The number of halogens is 2. The van der Waals surface area contributed by atoms with Crippen molar-refractivity contribution in [2.75, 3.05) is 12.0 Å². The number of pyridine rings is 1. The molecule has 0 bridgehead atoms. The maximum absolute atomic E-state index is 6.35. The van der Waals surface area contributed by atoms with Crippen LogP contribution in [-0.4, -0.2) is 17.2 Å². The van der Waals surface area contributed by atoms with E-state index < -0.39 is 0 Å². The van der Waals surface area contributed by atoms with Crippen LogP contribution in [0, 0.1) is 0 Å². The number of benzene rings is 2. The summed E-state index contributed by atoms with van der Waals surface area (Å²) in [6.07, 6.45) is 1.77. The first-order valence-corrected chi connectivity index (χ1v) is 11.4. The summed E-state index contributed by atoms with van der Waals surface area (Å²) in [5.41, 5.74) is 2.63. The highest BCUT2D eigenvalue weighted by Gasteiger charge is 2.42. The Hall–Kier alpha value is -3.06. The minimum Gasteiger partial charge on any atom is -0.497 e. The summed E-state index contributed by atoms with van der Waals surface area (Å²) in [7, 11) is 1.64. The highest BCUT2D eigenvalue weighted by atomic mass is 35.5. The van der Waals surface area contributed by atoms with Gasteiger partial charge in [0.15, 0.2) is 5.11 Å². The minimum atomic E-state index is -0.252. The lowest BCUT2D eigenvalue weighted by atomic mass is 10.0. The molecule has 0 saturated carbocycles. The monoisotopic (exact) mass is 495 g/mol. The lowest BCUT2D eigenvalue weighted by molar-refractivity contribution is 0.414. The summed E-state index contributed by atoms with van der Waals surface area (Å²) in [6.45, 7) is 0. The summed E-state index contributed by atoms with van der Waals surface area (Å²) >= 11 is 18.1. The number of ether oxygens (including phenoxy) is 1. The SMILES string of the molecule is COc1ccc(N2C(=S)N[C@H](c3ccccn3)[C@@H]2c2ccc(-c3ccc(Cl)c(Cl)c3)o2)cc1. The molecule has 0 aliphatic carbocycles. The summed E-state index contributed by atoms with van der Waals surface area (Å²) in [5.74, 6) is 2.21. The van der Waals surface area contributed by atoms with Gasteiger partial charge in [0, 0.05) is 17.4 Å². The average molecular weight is 496 g/mol. The molecule has 0 unspecified atom stereocenters. The van der Waals surface area contributed by atoms with Gasteiger partial charge in [-0.15, -0.1) is 0 Å². The molecule has 1 aliphatic heterocycles. The van der Waals surface area contributed by atoms with E-state index in [9.17, 15) is 0 Å². The Morgan fingerprint density at radius 2 is 1.82 bits per heavy atom. The highest BCUT2D eigenvalue weighted by Crippen LogP contribution is 2.43. The third kappa shape index (κ3) is 4.17. The Balaban J connectivity index is 1.58. The Bertz CT molecular complexity index is 1290. The van der Waals surface area contributed by atoms with E-state index in [0.717, 1.165) is 28.5 Å². The predicted octanol–water partition coefficient (Wildman–Crippen LogP) is 6.83. The number of rotatable bonds is 5. The molecule has 5 nitrogen and oxygen atoms in total. The number of nitrogens with one attached hydrogen (secondary N) is 1. The van der Waals surface area contributed by atoms with E-state index in [1.165, 1.54) is 0 Å². The summed E-state index contributed by atoms with van der Waals surface area (Å²) in [5, 5.41) is 4.99. The second-order valence-electron chi connectivity index (χ2n) is 7.53. The maximum Gasteiger partial charge on any atom is 0.174 e. The van der Waals surface area contributed by atoms with Crippen molar-refractivity contribution < 1.29 is 9.15 Å². The molecule has 4 aromatic rings. The van der Waals surface area contributed by atoms with Crippen LogP contribution in [-0.2, 0) is 0 Å². The van der Waals surface area contributed by atoms with E-state index in [0.29, 0.717) is 20.9 Å². The van der Waals surface area contributed by atoms with E-state index in [-0.39, 0.29) is 12.1 Å². The zero-order valence-electron chi connectivity index (χ0n) is 17.5. The Labute approximate surface area is 206 Å². The van der Waals surface area contributed by atoms with Gasteiger partial charge in [-0.1, -0.05) is 29.3 Å². The number of nitrogens with zero attached hydrogens (tertiary/aromatic N) is 2. The van der Waals surface area contributed by atoms with Crippen LogP contribution in [0.15, 0.2) is 83.4 Å². The number of hydrogen-bond donors (Lipinski definition) is 1. The molecule has 8 heteroatoms. The molecule has 33 heavy (non-hydrogen) atoms. The number of aromatic nitrogens is 1. The quantitative estimate of drug-likeness (QED) is 0.306. The standard InChI is InChI=1S/C25H19Cl2N3O2S/c1-31-17-8-6-16(7-9-17)30-24(23(29-25(30)33)20-4-2-3-13-28-20)22-12-11-21(32-22)15-5-10-18(26)19(27)14-15/h2-14,23-24H,1H3,(H,29,33)/t23-,24+/m1/s1. The smallest absolute Gasteiger partial charge is 0.174 e. The first-order valence-electron chi connectivity index (χ1n) is 10.2. The summed E-state index contributed by atoms with van der Waals surface area (Å²) in [6, 6.07) is 22.5. The van der Waals surface area contributed by atoms with Crippen molar-refractivity contribution in [2.24, 2.45) is 0 Å². The molecular weight excluding hydrogens is 477 g/mol. The normalized spacial score (nSPS) is 17.8. The van der Waals surface area contributed by atoms with E-state index in [1.807, 2.05) is 65.6 Å². The van der Waals surface area contributed by atoms with Gasteiger partial charge in [-0.2, -0.15) is 0 Å². The topological polar surface area (TPSA) is 50.5 Å². The van der Waals surface area contributed by atoms with Crippen molar-refractivity contribution in [3.63, 3.8) is 0 Å². The number of thiocarbonyl (C=S) groups is 1. The fourth-order valence-corrected chi connectivity index (χ4v) is 4.63. The van der Waals surface area contributed by atoms with Gasteiger partial charge in [-0.3, -0.25) is 4.98 Å². The molecule has 0 spiro atoms. The van der Waals surface area contributed by atoms with Crippen LogP contribution in [0.25, 0.3) is 11.3 Å². The van der Waals surface area contributed by atoms with Gasteiger partial charge in [0.1, 0.15) is 23.3 Å². The van der Waals surface area contributed by atoms with Crippen LogP contribution in [0.1, 0.15) is 23.5 Å². The minimum absolute atomic E-state index is 0.200. The molecule has 2 aromatic heterocycles. The van der Waals surface area contributed by atoms with Crippen molar-refractivity contribution in [1.29, 1.82) is 0 Å². The highest BCUT2D eigenvalue weighted by molar-refractivity contribution is 7.80. The third-order valence-electron chi connectivity index (χ3n) is 5.57. The molecule has 1 aliphatic rings. The van der Waals surface area contributed by atoms with Crippen LogP contribution >= 0.6 is 35.4 Å². The van der Waals surface area contributed by atoms with E-state index >= 15 is 0 Å². The number of methoxy groups -OCH3 is 1. The third-order valence-corrected chi connectivity index (χ3v) is 6.62. The van der Waals surface area contributed by atoms with Crippen molar-refractivity contribution in [1.82, 2.24) is 10.3 Å². The molecule has 1 N–H and O–H groups in total. The number of hydrogen-bond acceptors (Lipinski definition) is 4. The molecule has 5 rings (SSSR count). The summed E-state index contributed by atoms with van der Waals surface area (Å²) in [4.78, 5) is 6.62. The Morgan fingerprint density at radius 1 is 1.00 bits per heavy atom. The van der Waals surface area contributed by atoms with Gasteiger partial charge in [0.05, 0.1) is 28.9 Å². The first-order chi connectivity index (χ1) is 16.0. The molecular formula is C25H19Cl2N3O2S. The molecule has 1 saturated heterocycles.